The smallest absolute Gasteiger partial charge is 0.129 e. The van der Waals surface area contributed by atoms with E-state index >= 15 is 0 Å². The van der Waals surface area contributed by atoms with Gasteiger partial charge in [0.2, 0.25) is 0 Å². The van der Waals surface area contributed by atoms with Crippen LogP contribution in [0.15, 0.2) is 30.3 Å². The van der Waals surface area contributed by atoms with Gasteiger partial charge in [-0.15, -0.1) is 0 Å². The summed E-state index contributed by atoms with van der Waals surface area (Å²) in [6, 6.07) is 7.15. The predicted molar refractivity (Wildman–Crippen MR) is 77.8 cm³/mol. The van der Waals surface area contributed by atoms with Gasteiger partial charge in [0.1, 0.15) is 12.5 Å². The van der Waals surface area contributed by atoms with Crippen molar-refractivity contribution in [3.05, 3.63) is 41.5 Å². The Hall–Kier alpha value is -1.22. The lowest BCUT2D eigenvalue weighted by Crippen LogP contribution is -2.20. The van der Waals surface area contributed by atoms with E-state index in [9.17, 15) is 8.78 Å². The van der Waals surface area contributed by atoms with Crippen LogP contribution in [0.5, 0.6) is 0 Å². The summed E-state index contributed by atoms with van der Waals surface area (Å²) in [6.45, 7) is 2.23. The molecule has 0 saturated carbocycles. The summed E-state index contributed by atoms with van der Waals surface area (Å²) in [5.74, 6) is 0.173. The first-order valence-electron chi connectivity index (χ1n) is 7.38. The fraction of sp³-hybridized carbons (Fsp3) is 0.529. The van der Waals surface area contributed by atoms with Crippen molar-refractivity contribution in [3.8, 4) is 0 Å². The molecule has 0 radical (unpaired) electrons. The summed E-state index contributed by atoms with van der Waals surface area (Å²) in [6.07, 6.45) is 5.70. The maximum atomic E-state index is 13.4. The zero-order valence-electron chi connectivity index (χ0n) is 11.9. The maximum absolute atomic E-state index is 13.4. The molecule has 0 aromatic heterocycles. The van der Waals surface area contributed by atoms with Gasteiger partial charge in [0.05, 0.1) is 12.7 Å². The van der Waals surface area contributed by atoms with Gasteiger partial charge in [-0.2, -0.15) is 0 Å². The van der Waals surface area contributed by atoms with Gasteiger partial charge in [0, 0.05) is 5.56 Å². The molecule has 1 nitrogen and oxygen atoms in total. The Bertz CT molecular complexity index is 431. The summed E-state index contributed by atoms with van der Waals surface area (Å²) < 4.78 is 31.4. The van der Waals surface area contributed by atoms with Gasteiger partial charge in [-0.05, 0) is 36.8 Å². The second-order valence-electron chi connectivity index (χ2n) is 5.38. The van der Waals surface area contributed by atoms with Crippen LogP contribution in [0.1, 0.15) is 49.8 Å². The predicted octanol–water partition coefficient (Wildman–Crippen LogP) is 5.23. The minimum absolute atomic E-state index is 0.116. The van der Waals surface area contributed by atoms with E-state index in [0.29, 0.717) is 11.5 Å². The Kier molecular flexibility index (Phi) is 5.72. The number of benzene rings is 1. The van der Waals surface area contributed by atoms with E-state index in [1.54, 1.807) is 12.1 Å². The molecule has 2 atom stereocenters. The van der Waals surface area contributed by atoms with Crippen molar-refractivity contribution in [1.29, 1.82) is 0 Å². The van der Waals surface area contributed by atoms with E-state index in [2.05, 4.69) is 6.92 Å². The van der Waals surface area contributed by atoms with Gasteiger partial charge >= 0.3 is 0 Å². The minimum Gasteiger partial charge on any atom is -0.373 e. The Morgan fingerprint density at radius 1 is 1.30 bits per heavy atom. The molecule has 0 spiro atoms. The number of alkyl halides is 1. The lowest BCUT2D eigenvalue weighted by Gasteiger charge is -2.29. The highest BCUT2D eigenvalue weighted by atomic mass is 19.1. The van der Waals surface area contributed by atoms with Gasteiger partial charge < -0.3 is 4.74 Å². The molecule has 1 heterocycles. The van der Waals surface area contributed by atoms with Crippen LogP contribution in [0.3, 0.4) is 0 Å². The lowest BCUT2D eigenvalue weighted by atomic mass is 9.91. The van der Waals surface area contributed by atoms with Gasteiger partial charge in [0.25, 0.3) is 0 Å². The molecular weight excluding hydrogens is 258 g/mol. The molecule has 1 aliphatic rings. The Balaban J connectivity index is 1.96. The number of ether oxygens (including phenoxy) is 1. The normalized spacial score (nSPS) is 23.9. The van der Waals surface area contributed by atoms with Crippen molar-refractivity contribution in [2.24, 2.45) is 5.92 Å². The van der Waals surface area contributed by atoms with Crippen LogP contribution in [0.4, 0.5) is 8.78 Å². The highest BCUT2D eigenvalue weighted by Gasteiger charge is 2.22. The molecule has 1 saturated heterocycles. The van der Waals surface area contributed by atoms with E-state index in [-0.39, 0.29) is 6.10 Å². The Morgan fingerprint density at radius 2 is 2.05 bits per heavy atom. The Labute approximate surface area is 119 Å². The number of hydrogen-bond donors (Lipinski definition) is 0. The molecule has 0 amide bonds. The fourth-order valence-corrected chi connectivity index (χ4v) is 2.75. The molecule has 2 unspecified atom stereocenters. The molecule has 2 rings (SSSR count). The zero-order valence-corrected chi connectivity index (χ0v) is 11.9. The number of allylic oxidation sites excluding steroid dienone is 1. The third kappa shape index (κ3) is 3.89. The Morgan fingerprint density at radius 3 is 2.60 bits per heavy atom. The largest absolute Gasteiger partial charge is 0.373 e. The average Bonchev–Trinajstić information content (AvgIpc) is 2.49. The van der Waals surface area contributed by atoms with Gasteiger partial charge in [-0.3, -0.25) is 0 Å². The highest BCUT2D eigenvalue weighted by Crippen LogP contribution is 2.32. The van der Waals surface area contributed by atoms with Gasteiger partial charge in [-0.25, -0.2) is 8.78 Å². The standard InChI is InChI=1S/C17H22F2O/c1-2-3-13-4-9-17(20-12-13)15-7-5-14(6-8-15)16(19)10-11-18/h5-8,10,13,17H,2-4,9,11-12H2,1H3/b16-10-. The van der Waals surface area contributed by atoms with Crippen LogP contribution >= 0.6 is 0 Å². The van der Waals surface area contributed by atoms with Gasteiger partial charge in [0.15, 0.2) is 0 Å². The maximum Gasteiger partial charge on any atom is 0.129 e. The molecule has 1 aromatic rings. The molecule has 1 fully saturated rings. The molecular formula is C17H22F2O. The second-order valence-corrected chi connectivity index (χ2v) is 5.38. The third-order valence-corrected chi connectivity index (χ3v) is 3.88. The SMILES string of the molecule is CCCC1CCC(c2ccc(/C(F)=C/CF)cc2)OC1. The number of hydrogen-bond acceptors (Lipinski definition) is 1. The van der Waals surface area contributed by atoms with E-state index in [4.69, 9.17) is 4.74 Å². The summed E-state index contributed by atoms with van der Waals surface area (Å²) in [5.41, 5.74) is 1.50. The van der Waals surface area contributed by atoms with Crippen molar-refractivity contribution in [3.63, 3.8) is 0 Å². The molecule has 20 heavy (non-hydrogen) atoms. The molecule has 0 bridgehead atoms. The van der Waals surface area contributed by atoms with E-state index in [1.807, 2.05) is 12.1 Å². The first-order valence-corrected chi connectivity index (χ1v) is 7.38. The molecule has 1 aromatic carbocycles. The van der Waals surface area contributed by atoms with Crippen LogP contribution in [0.25, 0.3) is 5.83 Å². The van der Waals surface area contributed by atoms with Crippen molar-refractivity contribution in [2.75, 3.05) is 13.3 Å². The van der Waals surface area contributed by atoms with Crippen molar-refractivity contribution in [1.82, 2.24) is 0 Å². The van der Waals surface area contributed by atoms with E-state index in [0.717, 1.165) is 24.7 Å². The molecule has 0 N–H and O–H groups in total. The van der Waals surface area contributed by atoms with Crippen molar-refractivity contribution in [2.45, 2.75) is 38.7 Å². The first kappa shape index (κ1) is 15.2. The van der Waals surface area contributed by atoms with Crippen LogP contribution in [-0.4, -0.2) is 13.3 Å². The van der Waals surface area contributed by atoms with Crippen LogP contribution in [0, 0.1) is 5.92 Å². The highest BCUT2D eigenvalue weighted by molar-refractivity contribution is 5.59. The van der Waals surface area contributed by atoms with E-state index in [1.165, 1.54) is 19.3 Å². The monoisotopic (exact) mass is 280 g/mol. The molecule has 3 heteroatoms. The average molecular weight is 280 g/mol. The molecule has 110 valence electrons. The van der Waals surface area contributed by atoms with Crippen molar-refractivity contribution < 1.29 is 13.5 Å². The lowest BCUT2D eigenvalue weighted by molar-refractivity contribution is -0.0194. The quantitative estimate of drug-likeness (QED) is 0.717. The summed E-state index contributed by atoms with van der Waals surface area (Å²) in [5, 5.41) is 0. The summed E-state index contributed by atoms with van der Waals surface area (Å²) in [4.78, 5) is 0. The summed E-state index contributed by atoms with van der Waals surface area (Å²) >= 11 is 0. The van der Waals surface area contributed by atoms with Crippen molar-refractivity contribution >= 4 is 5.83 Å². The topological polar surface area (TPSA) is 9.23 Å². The minimum atomic E-state index is -0.780. The fourth-order valence-electron chi connectivity index (χ4n) is 2.75. The van der Waals surface area contributed by atoms with E-state index < -0.39 is 12.5 Å². The number of halogens is 2. The second kappa shape index (κ2) is 7.53. The van der Waals surface area contributed by atoms with Gasteiger partial charge in [-0.1, -0.05) is 37.6 Å². The zero-order chi connectivity index (χ0) is 14.4. The molecule has 0 aliphatic carbocycles. The van der Waals surface area contributed by atoms with Crippen LogP contribution in [0.2, 0.25) is 0 Å². The third-order valence-electron chi connectivity index (χ3n) is 3.88. The molecule has 1 aliphatic heterocycles. The summed E-state index contributed by atoms with van der Waals surface area (Å²) in [7, 11) is 0. The first-order chi connectivity index (χ1) is 9.74. The number of rotatable bonds is 5. The van der Waals surface area contributed by atoms with Crippen LogP contribution < -0.4 is 0 Å². The van der Waals surface area contributed by atoms with Crippen LogP contribution in [-0.2, 0) is 4.74 Å².